The average molecular weight is 146 g/mol. The molecule has 0 aliphatic heterocycles. The predicted octanol–water partition coefficient (Wildman–Crippen LogP) is 1.94. The molecular formula is C9H7NO. The smallest absolute Gasteiger partial charge is 0.141 e. The third-order valence-electron chi connectivity index (χ3n) is 1.53. The Morgan fingerprint density at radius 2 is 2.27 bits per heavy atom. The van der Waals surface area contributed by atoms with Crippen LogP contribution in [0.4, 0.5) is 0 Å². The lowest BCUT2D eigenvalue weighted by Gasteiger charge is -1.96. The van der Waals surface area contributed by atoms with Crippen molar-refractivity contribution in [2.75, 3.05) is 0 Å². The zero-order valence-electron chi connectivity index (χ0n) is 6.78. The van der Waals surface area contributed by atoms with E-state index in [9.17, 15) is 5.11 Å². The summed E-state index contributed by atoms with van der Waals surface area (Å²) in [6.07, 6.45) is 1.52. The second kappa shape index (κ2) is 2.23. The molecule has 2 heteroatoms. The number of aromatic nitrogens is 1. The Kier molecular flexibility index (Phi) is 1.04. The van der Waals surface area contributed by atoms with E-state index in [0.29, 0.717) is 16.9 Å². The number of nitrogens with zero attached hydrogens (tertiary/aromatic N) is 1. The Morgan fingerprint density at radius 1 is 1.36 bits per heavy atom. The van der Waals surface area contributed by atoms with Gasteiger partial charge in [-0.25, -0.2) is 0 Å². The highest BCUT2D eigenvalue weighted by atomic mass is 16.3. The average Bonchev–Trinajstić information content (AvgIpc) is 2.07. The predicted molar refractivity (Wildman–Crippen MR) is 43.4 cm³/mol. The Labute approximate surface area is 65.5 Å². The highest BCUT2D eigenvalue weighted by molar-refractivity contribution is 5.83. The van der Waals surface area contributed by atoms with Crippen LogP contribution < -0.4 is 0 Å². The Morgan fingerprint density at radius 3 is 3.09 bits per heavy atom. The summed E-state index contributed by atoms with van der Waals surface area (Å²) in [4.78, 5) is 3.97. The first-order chi connectivity index (χ1) is 5.79. The maximum atomic E-state index is 9.35. The Bertz CT molecular complexity index is 387. The summed E-state index contributed by atoms with van der Waals surface area (Å²) in [7, 11) is 0. The first kappa shape index (κ1) is 5.13. The molecule has 0 saturated carbocycles. The van der Waals surface area contributed by atoms with Crippen LogP contribution in [0.3, 0.4) is 0 Å². The van der Waals surface area contributed by atoms with Crippen molar-refractivity contribution in [3.05, 3.63) is 36.5 Å². The van der Waals surface area contributed by atoms with Crippen molar-refractivity contribution in [3.8, 4) is 5.75 Å². The van der Waals surface area contributed by atoms with Gasteiger partial charge in [-0.3, -0.25) is 4.98 Å². The highest BCUT2D eigenvalue weighted by Crippen LogP contribution is 2.20. The molecule has 11 heavy (non-hydrogen) atoms. The van der Waals surface area contributed by atoms with E-state index in [1.54, 1.807) is 24.3 Å². The lowest BCUT2D eigenvalue weighted by molar-refractivity contribution is 0.480. The molecule has 1 N–H and O–H groups in total. The largest absolute Gasteiger partial charge is 0.506 e. The summed E-state index contributed by atoms with van der Waals surface area (Å²) in [6, 6.07) is 7.02. The first-order valence-electron chi connectivity index (χ1n) is 3.82. The number of hydrogen-bond acceptors (Lipinski definition) is 2. The second-order valence-corrected chi connectivity index (χ2v) is 2.26. The summed E-state index contributed by atoms with van der Waals surface area (Å²) in [6.45, 7) is 0. The Balaban J connectivity index is 2.94. The molecule has 2 rings (SSSR count). The van der Waals surface area contributed by atoms with E-state index in [1.165, 1.54) is 6.20 Å². The van der Waals surface area contributed by atoms with E-state index in [2.05, 4.69) is 4.98 Å². The quantitative estimate of drug-likeness (QED) is 0.616. The Hall–Kier alpha value is -1.57. The van der Waals surface area contributed by atoms with Gasteiger partial charge in [0.2, 0.25) is 0 Å². The van der Waals surface area contributed by atoms with E-state index in [4.69, 9.17) is 1.37 Å². The molecule has 0 aliphatic carbocycles. The number of phenols is 1. The zero-order valence-corrected chi connectivity index (χ0v) is 5.78. The van der Waals surface area contributed by atoms with E-state index in [-0.39, 0.29) is 5.75 Å². The molecule has 0 fully saturated rings. The van der Waals surface area contributed by atoms with Crippen LogP contribution >= 0.6 is 0 Å². The van der Waals surface area contributed by atoms with Crippen LogP contribution in [0.2, 0.25) is 0 Å². The molecule has 0 spiro atoms. The second-order valence-electron chi connectivity index (χ2n) is 2.26. The number of hydrogen-bond donors (Lipinski definition) is 1. The maximum absolute atomic E-state index is 9.35. The van der Waals surface area contributed by atoms with Crippen molar-refractivity contribution in [2.45, 2.75) is 0 Å². The van der Waals surface area contributed by atoms with Gasteiger partial charge in [0.15, 0.2) is 0 Å². The van der Waals surface area contributed by atoms with Crippen LogP contribution in [0.5, 0.6) is 5.75 Å². The SMILES string of the molecule is [2H]c1ccnc2c(O)cccc12. The van der Waals surface area contributed by atoms with E-state index in [1.807, 2.05) is 0 Å². The molecule has 0 aliphatic rings. The lowest BCUT2D eigenvalue weighted by atomic mass is 10.2. The number of rotatable bonds is 0. The zero-order chi connectivity index (χ0) is 8.55. The van der Waals surface area contributed by atoms with Gasteiger partial charge in [0.1, 0.15) is 11.3 Å². The van der Waals surface area contributed by atoms with Gasteiger partial charge in [0.05, 0.1) is 1.37 Å². The molecule has 2 aromatic rings. The third-order valence-corrected chi connectivity index (χ3v) is 1.53. The highest BCUT2D eigenvalue weighted by Gasteiger charge is 1.96. The molecular weight excluding hydrogens is 138 g/mol. The minimum absolute atomic E-state index is 0.126. The summed E-state index contributed by atoms with van der Waals surface area (Å²) in [5.41, 5.74) is 0.491. The van der Waals surface area contributed by atoms with Crippen molar-refractivity contribution in [2.24, 2.45) is 0 Å². The van der Waals surface area contributed by atoms with Crippen molar-refractivity contribution < 1.29 is 6.48 Å². The van der Waals surface area contributed by atoms with Gasteiger partial charge in [-0.2, -0.15) is 0 Å². The number of aromatic hydroxyl groups is 1. The number of fused-ring (bicyclic) bond motifs is 1. The van der Waals surface area contributed by atoms with Crippen LogP contribution in [-0.4, -0.2) is 10.1 Å². The fourth-order valence-electron chi connectivity index (χ4n) is 1.02. The van der Waals surface area contributed by atoms with E-state index < -0.39 is 0 Å². The van der Waals surface area contributed by atoms with Crippen molar-refractivity contribution >= 4 is 10.9 Å². The summed E-state index contributed by atoms with van der Waals surface area (Å²) in [5.74, 6) is 0.126. The molecule has 0 atom stereocenters. The number of benzene rings is 1. The molecule has 1 heterocycles. The summed E-state index contributed by atoms with van der Waals surface area (Å²) in [5, 5.41) is 10.0. The van der Waals surface area contributed by atoms with Crippen molar-refractivity contribution in [3.63, 3.8) is 0 Å². The van der Waals surface area contributed by atoms with Gasteiger partial charge in [-0.1, -0.05) is 18.2 Å². The summed E-state index contributed by atoms with van der Waals surface area (Å²) >= 11 is 0. The fraction of sp³-hybridized carbons (Fsp3) is 0. The first-order valence-corrected chi connectivity index (χ1v) is 3.32. The molecule has 1 aromatic heterocycles. The summed E-state index contributed by atoms with van der Waals surface area (Å²) < 4.78 is 7.51. The van der Waals surface area contributed by atoms with Crippen LogP contribution in [0.25, 0.3) is 10.9 Å². The molecule has 0 unspecified atom stereocenters. The minimum Gasteiger partial charge on any atom is -0.506 e. The van der Waals surface area contributed by atoms with Crippen LogP contribution in [-0.2, 0) is 0 Å². The topological polar surface area (TPSA) is 33.1 Å². The van der Waals surface area contributed by atoms with Crippen molar-refractivity contribution in [1.29, 1.82) is 0 Å². The van der Waals surface area contributed by atoms with E-state index in [0.717, 1.165) is 0 Å². The molecule has 54 valence electrons. The molecule has 0 radical (unpaired) electrons. The van der Waals surface area contributed by atoms with Gasteiger partial charge >= 0.3 is 0 Å². The number of phenolic OH excluding ortho intramolecular Hbond substituents is 1. The third kappa shape index (κ3) is 0.923. The van der Waals surface area contributed by atoms with Gasteiger partial charge in [0.25, 0.3) is 0 Å². The normalized spacial score (nSPS) is 11.5. The molecule has 2 nitrogen and oxygen atoms in total. The fourth-order valence-corrected chi connectivity index (χ4v) is 1.02. The number of pyridine rings is 1. The van der Waals surface area contributed by atoms with Gasteiger partial charge in [0, 0.05) is 11.6 Å². The van der Waals surface area contributed by atoms with Crippen LogP contribution in [0.1, 0.15) is 1.37 Å². The van der Waals surface area contributed by atoms with Crippen LogP contribution in [0.15, 0.2) is 36.5 Å². The number of para-hydroxylation sites is 1. The van der Waals surface area contributed by atoms with Gasteiger partial charge in [-0.15, -0.1) is 0 Å². The lowest BCUT2D eigenvalue weighted by Crippen LogP contribution is -1.76. The maximum Gasteiger partial charge on any atom is 0.141 e. The molecule has 0 saturated heterocycles. The minimum atomic E-state index is 0.126. The van der Waals surface area contributed by atoms with Gasteiger partial charge in [-0.05, 0) is 12.1 Å². The monoisotopic (exact) mass is 146 g/mol. The van der Waals surface area contributed by atoms with E-state index >= 15 is 0 Å². The van der Waals surface area contributed by atoms with Crippen molar-refractivity contribution in [1.82, 2.24) is 4.98 Å². The van der Waals surface area contributed by atoms with Crippen LogP contribution in [0, 0.1) is 0 Å². The standard InChI is InChI=1S/C9H7NO/c11-8-5-1-3-7-4-2-6-10-9(7)8/h1-6,11H/i4D. The molecule has 1 aromatic carbocycles. The van der Waals surface area contributed by atoms with Gasteiger partial charge < -0.3 is 5.11 Å². The molecule has 0 amide bonds. The molecule has 0 bridgehead atoms.